The molecule has 3 heterocycles. The number of pyridine rings is 1. The number of fused-ring (bicyclic) bond motifs is 4. The van der Waals surface area contributed by atoms with Crippen molar-refractivity contribution < 1.29 is 9.53 Å². The fraction of sp³-hybridized carbons (Fsp3) is 0.100. The lowest BCUT2D eigenvalue weighted by Gasteiger charge is -2.26. The number of hydrogen-bond acceptors (Lipinski definition) is 3. The van der Waals surface area contributed by atoms with Crippen LogP contribution in [0.3, 0.4) is 0 Å². The van der Waals surface area contributed by atoms with Crippen molar-refractivity contribution in [2.24, 2.45) is 0 Å². The molecule has 0 bridgehead atoms. The Labute approximate surface area is 158 Å². The molecule has 0 fully saturated rings. The molecule has 27 heavy (non-hydrogen) atoms. The molecule has 0 aliphatic carbocycles. The molecule has 1 aliphatic rings. The minimum atomic E-state index is -0.204. The van der Waals surface area contributed by atoms with E-state index in [2.05, 4.69) is 9.97 Å². The smallest absolute Gasteiger partial charge is 0.264 e. The fourth-order valence-corrected chi connectivity index (χ4v) is 3.70. The van der Waals surface area contributed by atoms with Crippen LogP contribution in [0.5, 0.6) is 5.75 Å². The maximum Gasteiger partial charge on any atom is 0.264 e. The molecular formula is C20H14ClN3O3. The zero-order valence-corrected chi connectivity index (χ0v) is 15.1. The van der Waals surface area contributed by atoms with E-state index in [1.165, 1.54) is 0 Å². The summed E-state index contributed by atoms with van der Waals surface area (Å²) < 4.78 is 5.58. The summed E-state index contributed by atoms with van der Waals surface area (Å²) in [5, 5.41) is 1.46. The fourth-order valence-electron chi connectivity index (χ4n) is 3.53. The summed E-state index contributed by atoms with van der Waals surface area (Å²) in [6.45, 7) is 0.00260. The van der Waals surface area contributed by atoms with E-state index in [0.29, 0.717) is 22.0 Å². The second-order valence-electron chi connectivity index (χ2n) is 6.54. The standard InChI is InChI=1S/C20H14ClN3O3/c1-24-15-5-2-10(6-16(15)27-9-18(24)26)12-8-17(25)23-20-13-7-11(21)3-4-14(13)22-19(12)20/h2-8,22H,9H2,1H3,(H,23,25). The SMILES string of the molecule is CN1C(=O)COc2cc(-c3cc(=O)[nH]c4c3[nH]c3ccc(Cl)cc34)ccc21. The van der Waals surface area contributed by atoms with Gasteiger partial charge >= 0.3 is 0 Å². The normalized spacial score (nSPS) is 13.9. The van der Waals surface area contributed by atoms with Crippen LogP contribution >= 0.6 is 11.6 Å². The lowest BCUT2D eigenvalue weighted by Crippen LogP contribution is -2.35. The first-order valence-corrected chi connectivity index (χ1v) is 8.77. The van der Waals surface area contributed by atoms with Gasteiger partial charge < -0.3 is 19.6 Å². The molecule has 0 saturated heterocycles. The van der Waals surface area contributed by atoms with Gasteiger partial charge in [0.05, 0.1) is 16.7 Å². The molecule has 6 nitrogen and oxygen atoms in total. The summed E-state index contributed by atoms with van der Waals surface area (Å²) >= 11 is 6.12. The number of carbonyl (C=O) groups excluding carboxylic acids is 1. The van der Waals surface area contributed by atoms with Crippen LogP contribution in [-0.4, -0.2) is 29.5 Å². The zero-order valence-electron chi connectivity index (χ0n) is 14.3. The molecule has 7 heteroatoms. The van der Waals surface area contributed by atoms with Crippen molar-refractivity contribution in [3.63, 3.8) is 0 Å². The van der Waals surface area contributed by atoms with Gasteiger partial charge in [-0.3, -0.25) is 9.59 Å². The van der Waals surface area contributed by atoms with Crippen molar-refractivity contribution in [3.05, 3.63) is 57.8 Å². The highest BCUT2D eigenvalue weighted by Gasteiger charge is 2.23. The number of aromatic amines is 2. The number of halogens is 1. The van der Waals surface area contributed by atoms with Gasteiger partial charge in [-0.25, -0.2) is 0 Å². The quantitative estimate of drug-likeness (QED) is 0.529. The molecule has 2 aromatic heterocycles. The van der Waals surface area contributed by atoms with Crippen molar-refractivity contribution in [2.45, 2.75) is 0 Å². The number of benzene rings is 2. The maximum absolute atomic E-state index is 12.3. The number of nitrogens with one attached hydrogen (secondary N) is 2. The Morgan fingerprint density at radius 2 is 1.89 bits per heavy atom. The third-order valence-electron chi connectivity index (χ3n) is 4.91. The molecule has 0 unspecified atom stereocenters. The first kappa shape index (κ1) is 16.0. The Kier molecular flexibility index (Phi) is 3.32. The van der Waals surface area contributed by atoms with Gasteiger partial charge in [0, 0.05) is 34.6 Å². The van der Waals surface area contributed by atoms with Gasteiger partial charge in [-0.2, -0.15) is 0 Å². The molecule has 5 rings (SSSR count). The second kappa shape index (κ2) is 5.62. The van der Waals surface area contributed by atoms with Crippen molar-refractivity contribution in [3.8, 4) is 16.9 Å². The molecule has 1 amide bonds. The minimum absolute atomic E-state index is 0.00260. The third-order valence-corrected chi connectivity index (χ3v) is 5.15. The Balaban J connectivity index is 1.77. The molecule has 0 spiro atoms. The second-order valence-corrected chi connectivity index (χ2v) is 6.97. The van der Waals surface area contributed by atoms with Crippen LogP contribution in [0.4, 0.5) is 5.69 Å². The van der Waals surface area contributed by atoms with E-state index in [0.717, 1.165) is 27.5 Å². The summed E-state index contributed by atoms with van der Waals surface area (Å²) in [6.07, 6.45) is 0. The first-order chi connectivity index (χ1) is 13.0. The third kappa shape index (κ3) is 2.41. The summed E-state index contributed by atoms with van der Waals surface area (Å²) in [5.74, 6) is 0.517. The number of anilines is 1. The van der Waals surface area contributed by atoms with Crippen molar-refractivity contribution in [1.29, 1.82) is 0 Å². The van der Waals surface area contributed by atoms with E-state index < -0.39 is 0 Å². The molecule has 0 saturated carbocycles. The molecule has 2 N–H and O–H groups in total. The number of aromatic nitrogens is 2. The predicted molar refractivity (Wildman–Crippen MR) is 106 cm³/mol. The lowest BCUT2D eigenvalue weighted by molar-refractivity contribution is -0.120. The minimum Gasteiger partial charge on any atom is -0.482 e. The van der Waals surface area contributed by atoms with E-state index in [-0.39, 0.29) is 18.1 Å². The molecule has 4 aromatic rings. The molecule has 134 valence electrons. The number of H-pyrrole nitrogens is 2. The lowest BCUT2D eigenvalue weighted by atomic mass is 10.0. The number of ether oxygens (including phenoxy) is 1. The average molecular weight is 380 g/mol. The first-order valence-electron chi connectivity index (χ1n) is 8.39. The summed E-state index contributed by atoms with van der Waals surface area (Å²) in [4.78, 5) is 31.9. The van der Waals surface area contributed by atoms with E-state index in [1.54, 1.807) is 24.1 Å². The van der Waals surface area contributed by atoms with E-state index in [4.69, 9.17) is 16.3 Å². The predicted octanol–water partition coefficient (Wildman–Crippen LogP) is 3.69. The van der Waals surface area contributed by atoms with E-state index in [1.807, 2.05) is 30.3 Å². The largest absolute Gasteiger partial charge is 0.482 e. The number of carbonyl (C=O) groups is 1. The summed E-state index contributed by atoms with van der Waals surface area (Å²) in [7, 11) is 1.72. The van der Waals surface area contributed by atoms with Gasteiger partial charge in [-0.1, -0.05) is 17.7 Å². The number of rotatable bonds is 1. The van der Waals surface area contributed by atoms with Crippen molar-refractivity contribution in [1.82, 2.24) is 9.97 Å². The Morgan fingerprint density at radius 3 is 2.74 bits per heavy atom. The molecule has 0 radical (unpaired) electrons. The number of amides is 1. The highest BCUT2D eigenvalue weighted by molar-refractivity contribution is 6.31. The van der Waals surface area contributed by atoms with Gasteiger partial charge in [0.25, 0.3) is 5.91 Å². The van der Waals surface area contributed by atoms with Crippen LogP contribution < -0.4 is 15.2 Å². The Bertz CT molecular complexity index is 1310. The topological polar surface area (TPSA) is 78.2 Å². The van der Waals surface area contributed by atoms with Gasteiger partial charge in [0.2, 0.25) is 5.56 Å². The molecule has 2 aromatic carbocycles. The van der Waals surface area contributed by atoms with Crippen LogP contribution in [0, 0.1) is 0 Å². The Morgan fingerprint density at radius 1 is 1.04 bits per heavy atom. The van der Waals surface area contributed by atoms with Crippen molar-refractivity contribution in [2.75, 3.05) is 18.6 Å². The van der Waals surface area contributed by atoms with Gasteiger partial charge in [-0.05, 0) is 35.9 Å². The van der Waals surface area contributed by atoms with Crippen LogP contribution in [0.15, 0.2) is 47.3 Å². The molecule has 1 aliphatic heterocycles. The van der Waals surface area contributed by atoms with Gasteiger partial charge in [0.15, 0.2) is 6.61 Å². The summed E-state index contributed by atoms with van der Waals surface area (Å²) in [5.41, 5.74) is 4.49. The van der Waals surface area contributed by atoms with Crippen LogP contribution in [0.25, 0.3) is 33.1 Å². The average Bonchev–Trinajstić information content (AvgIpc) is 3.01. The van der Waals surface area contributed by atoms with Crippen LogP contribution in [-0.2, 0) is 4.79 Å². The molecule has 0 atom stereocenters. The van der Waals surface area contributed by atoms with Gasteiger partial charge in [0.1, 0.15) is 5.75 Å². The van der Waals surface area contributed by atoms with E-state index in [9.17, 15) is 9.59 Å². The highest BCUT2D eigenvalue weighted by atomic mass is 35.5. The number of nitrogens with zero attached hydrogens (tertiary/aromatic N) is 1. The van der Waals surface area contributed by atoms with Gasteiger partial charge in [-0.15, -0.1) is 0 Å². The van der Waals surface area contributed by atoms with Crippen molar-refractivity contribution >= 4 is 45.1 Å². The Hall–Kier alpha value is -3.25. The maximum atomic E-state index is 12.3. The zero-order chi connectivity index (χ0) is 18.7. The van der Waals surface area contributed by atoms with Crippen LogP contribution in [0.1, 0.15) is 0 Å². The summed E-state index contributed by atoms with van der Waals surface area (Å²) in [6, 6.07) is 12.6. The van der Waals surface area contributed by atoms with Crippen LogP contribution in [0.2, 0.25) is 5.02 Å². The molecular weight excluding hydrogens is 366 g/mol. The monoisotopic (exact) mass is 379 g/mol. The number of likely N-dealkylation sites (N-methyl/N-ethyl adjacent to an activating group) is 1. The highest BCUT2D eigenvalue weighted by Crippen LogP contribution is 2.38. The number of hydrogen-bond donors (Lipinski definition) is 2. The van der Waals surface area contributed by atoms with E-state index >= 15 is 0 Å².